The summed E-state index contributed by atoms with van der Waals surface area (Å²) in [5.41, 5.74) is -1.66. The van der Waals surface area contributed by atoms with Gasteiger partial charge in [0.15, 0.2) is 0 Å². The molecule has 0 radical (unpaired) electrons. The van der Waals surface area contributed by atoms with Gasteiger partial charge in [-0.05, 0) is 25.8 Å². The normalized spacial score (nSPS) is 13.5. The third-order valence-corrected chi connectivity index (χ3v) is 6.06. The summed E-state index contributed by atoms with van der Waals surface area (Å²) >= 11 is 5.44. The summed E-state index contributed by atoms with van der Waals surface area (Å²) < 4.78 is 38.9. The van der Waals surface area contributed by atoms with Crippen molar-refractivity contribution in [3.05, 3.63) is 35.9 Å². The van der Waals surface area contributed by atoms with Gasteiger partial charge in [-0.25, -0.2) is 14.4 Å². The van der Waals surface area contributed by atoms with Crippen LogP contribution in [0.2, 0.25) is 0 Å². The van der Waals surface area contributed by atoms with Crippen molar-refractivity contribution in [3.63, 3.8) is 0 Å². The fourth-order valence-electron chi connectivity index (χ4n) is 3.05. The quantitative estimate of drug-likeness (QED) is 0.106. The molecule has 45 heavy (non-hydrogen) atoms. The van der Waals surface area contributed by atoms with E-state index in [1.54, 1.807) is 31.2 Å². The number of esters is 2. The van der Waals surface area contributed by atoms with Gasteiger partial charge in [0.2, 0.25) is 0 Å². The number of aliphatic hydroxyl groups is 2. The van der Waals surface area contributed by atoms with Gasteiger partial charge in [0.25, 0.3) is 0 Å². The summed E-state index contributed by atoms with van der Waals surface area (Å²) in [6, 6.07) is 8.95. The molecule has 0 spiro atoms. The van der Waals surface area contributed by atoms with Crippen molar-refractivity contribution in [3.8, 4) is 0 Å². The number of hydrogen-bond acceptors (Lipinski definition) is 15. The fourth-order valence-corrected chi connectivity index (χ4v) is 3.16. The first kappa shape index (κ1) is 39.2. The summed E-state index contributed by atoms with van der Waals surface area (Å²) in [5, 5.41) is 17.4. The van der Waals surface area contributed by atoms with Crippen molar-refractivity contribution in [2.75, 3.05) is 65.3 Å². The molecule has 0 aromatic heterocycles. The van der Waals surface area contributed by atoms with Gasteiger partial charge < -0.3 is 48.1 Å². The van der Waals surface area contributed by atoms with E-state index in [-0.39, 0.29) is 65.7 Å². The predicted molar refractivity (Wildman–Crippen MR) is 154 cm³/mol. The van der Waals surface area contributed by atoms with Crippen LogP contribution >= 0.6 is 11.6 Å². The van der Waals surface area contributed by atoms with Crippen molar-refractivity contribution >= 4 is 42.0 Å². The van der Waals surface area contributed by atoms with Crippen LogP contribution in [-0.2, 0) is 54.1 Å². The molecule has 0 bridgehead atoms. The molecule has 1 aliphatic rings. The summed E-state index contributed by atoms with van der Waals surface area (Å²) in [7, 11) is 0. The third-order valence-electron chi connectivity index (χ3n) is 5.79. The molecule has 1 aromatic carbocycles. The molecule has 15 nitrogen and oxygen atoms in total. The van der Waals surface area contributed by atoms with Gasteiger partial charge in [-0.2, -0.15) is 0 Å². The summed E-state index contributed by atoms with van der Waals surface area (Å²) in [5.74, 6) is -0.743. The number of carbonyl (C=O) groups excluding carboxylic acids is 5. The van der Waals surface area contributed by atoms with E-state index in [9.17, 15) is 24.0 Å². The number of rotatable bonds is 17. The molecule has 2 N–H and O–H groups in total. The number of aliphatic hydroxyl groups excluding tert-OH is 2. The van der Waals surface area contributed by atoms with E-state index in [0.29, 0.717) is 12.3 Å². The Morgan fingerprint density at radius 3 is 1.82 bits per heavy atom. The van der Waals surface area contributed by atoms with Crippen molar-refractivity contribution in [1.29, 1.82) is 0 Å². The smallest absolute Gasteiger partial charge is 0.465 e. The topological polar surface area (TPSA) is 200 Å². The van der Waals surface area contributed by atoms with Crippen LogP contribution in [0.4, 0.5) is 14.4 Å². The number of hydrogen-bond donors (Lipinski definition) is 2. The van der Waals surface area contributed by atoms with Crippen molar-refractivity contribution in [2.45, 2.75) is 39.7 Å². The van der Waals surface area contributed by atoms with Crippen molar-refractivity contribution < 1.29 is 72.1 Å². The van der Waals surface area contributed by atoms with Crippen LogP contribution in [0.5, 0.6) is 0 Å². The Morgan fingerprint density at radius 2 is 1.33 bits per heavy atom. The number of benzene rings is 1. The minimum absolute atomic E-state index is 0.00839. The first-order chi connectivity index (χ1) is 21.5. The molecular weight excluding hydrogens is 624 g/mol. The lowest BCUT2D eigenvalue weighted by molar-refractivity contribution is -0.166. The lowest BCUT2D eigenvalue weighted by Crippen LogP contribution is -2.44. The van der Waals surface area contributed by atoms with Crippen LogP contribution < -0.4 is 0 Å². The Kier molecular flexibility index (Phi) is 19.0. The molecule has 1 heterocycles. The second-order valence-electron chi connectivity index (χ2n) is 10.1. The molecule has 0 amide bonds. The largest absolute Gasteiger partial charge is 0.508 e. The molecule has 1 aliphatic heterocycles. The molecule has 0 saturated carbocycles. The van der Waals surface area contributed by atoms with E-state index in [1.807, 2.05) is 6.07 Å². The Labute approximate surface area is 265 Å². The number of halogens is 1. The van der Waals surface area contributed by atoms with Gasteiger partial charge in [-0.3, -0.25) is 9.59 Å². The van der Waals surface area contributed by atoms with Crippen LogP contribution in [0.1, 0.15) is 38.7 Å². The highest BCUT2D eigenvalue weighted by molar-refractivity contribution is 6.17. The first-order valence-corrected chi connectivity index (χ1v) is 14.6. The van der Waals surface area contributed by atoms with Gasteiger partial charge in [-0.15, -0.1) is 11.6 Å². The highest BCUT2D eigenvalue weighted by Crippen LogP contribution is 2.24. The third kappa shape index (κ3) is 16.2. The van der Waals surface area contributed by atoms with E-state index in [4.69, 9.17) is 50.2 Å². The van der Waals surface area contributed by atoms with Gasteiger partial charge in [0.05, 0.1) is 19.8 Å². The molecule has 0 aliphatic carbocycles. The standard InChI is InChI=1S/C20H28O10.C9H13ClO5/c1-20(14-29-18(24)26-11-5-9-21,15-30-19(25)27-12-6-10-22)17(23)28-13-16-7-3-2-4-8-16;1-9(5-14-8(12)15-6-9)7(11)13-4-2-3-10/h2-4,7-8,21-22H,5-6,9-15H2,1H3;2-6H2,1H3. The van der Waals surface area contributed by atoms with E-state index < -0.39 is 54.4 Å². The average molecular weight is 665 g/mol. The Balaban J connectivity index is 0.000000562. The Hall–Kier alpha value is -3.82. The lowest BCUT2D eigenvalue weighted by atomic mass is 9.93. The average Bonchev–Trinajstić information content (AvgIpc) is 3.04. The zero-order valence-corrected chi connectivity index (χ0v) is 26.1. The monoisotopic (exact) mass is 664 g/mol. The number of alkyl halides is 1. The molecular formula is C29H41ClO15. The molecule has 1 fully saturated rings. The minimum atomic E-state index is -1.51. The fraction of sp³-hybridized carbons (Fsp3) is 0.621. The van der Waals surface area contributed by atoms with E-state index in [2.05, 4.69) is 9.47 Å². The zero-order valence-electron chi connectivity index (χ0n) is 25.4. The molecule has 16 heteroatoms. The van der Waals surface area contributed by atoms with Crippen LogP contribution in [-0.4, -0.2) is 106 Å². The van der Waals surface area contributed by atoms with Crippen molar-refractivity contribution in [2.24, 2.45) is 10.8 Å². The second kappa shape index (κ2) is 21.8. The van der Waals surface area contributed by atoms with Crippen LogP contribution in [0.3, 0.4) is 0 Å². The molecule has 2 rings (SSSR count). The minimum Gasteiger partial charge on any atom is -0.465 e. The molecule has 1 saturated heterocycles. The van der Waals surface area contributed by atoms with E-state index >= 15 is 0 Å². The summed E-state index contributed by atoms with van der Waals surface area (Å²) in [6.45, 7) is 1.94. The summed E-state index contributed by atoms with van der Waals surface area (Å²) in [6.07, 6.45) is -1.72. The molecule has 0 unspecified atom stereocenters. The highest BCUT2D eigenvalue weighted by atomic mass is 35.5. The van der Waals surface area contributed by atoms with Crippen molar-refractivity contribution in [1.82, 2.24) is 0 Å². The van der Waals surface area contributed by atoms with Crippen LogP contribution in [0, 0.1) is 10.8 Å². The molecule has 0 atom stereocenters. The lowest BCUT2D eigenvalue weighted by Gasteiger charge is -2.29. The Morgan fingerprint density at radius 1 is 0.822 bits per heavy atom. The maximum Gasteiger partial charge on any atom is 0.508 e. The predicted octanol–water partition coefficient (Wildman–Crippen LogP) is 3.14. The van der Waals surface area contributed by atoms with Gasteiger partial charge in [0.1, 0.15) is 43.9 Å². The van der Waals surface area contributed by atoms with Gasteiger partial charge >= 0.3 is 30.4 Å². The van der Waals surface area contributed by atoms with Crippen LogP contribution in [0.25, 0.3) is 0 Å². The second-order valence-corrected chi connectivity index (χ2v) is 10.5. The van der Waals surface area contributed by atoms with E-state index in [0.717, 1.165) is 5.56 Å². The van der Waals surface area contributed by atoms with Gasteiger partial charge in [-0.1, -0.05) is 30.3 Å². The number of carbonyl (C=O) groups is 5. The Bertz CT molecular complexity index is 1010. The van der Waals surface area contributed by atoms with E-state index in [1.165, 1.54) is 6.92 Å². The number of cyclic esters (lactones) is 2. The first-order valence-electron chi connectivity index (χ1n) is 14.0. The zero-order chi connectivity index (χ0) is 33.6. The number of ether oxygens (including phenoxy) is 8. The maximum atomic E-state index is 12.6. The van der Waals surface area contributed by atoms with Gasteiger partial charge in [0, 0.05) is 31.9 Å². The molecule has 254 valence electrons. The highest BCUT2D eigenvalue weighted by Gasteiger charge is 2.42. The SMILES string of the molecule is CC(COC(=O)OCCCO)(COC(=O)OCCCO)C(=O)OCc1ccccc1.CC1(C(=O)OCCCCl)COC(=O)OC1. The maximum absolute atomic E-state index is 12.6. The summed E-state index contributed by atoms with van der Waals surface area (Å²) in [4.78, 5) is 58.1. The van der Waals surface area contributed by atoms with Crippen LogP contribution in [0.15, 0.2) is 30.3 Å². The molecule has 1 aromatic rings.